The van der Waals surface area contributed by atoms with E-state index in [0.717, 1.165) is 42.3 Å². The van der Waals surface area contributed by atoms with Crippen molar-refractivity contribution in [1.82, 2.24) is 29.7 Å². The number of nitrogens with one attached hydrogen (secondary N) is 1. The van der Waals surface area contributed by atoms with E-state index in [1.165, 1.54) is 12.8 Å². The summed E-state index contributed by atoms with van der Waals surface area (Å²) in [5.41, 5.74) is 2.31. The summed E-state index contributed by atoms with van der Waals surface area (Å²) in [7, 11) is 1.73. The van der Waals surface area contributed by atoms with Crippen LogP contribution in [0.5, 0.6) is 0 Å². The minimum atomic E-state index is -0.677. The van der Waals surface area contributed by atoms with Crippen LogP contribution in [-0.4, -0.2) is 68.2 Å². The number of aromatic nitrogens is 6. The summed E-state index contributed by atoms with van der Waals surface area (Å²) in [4.78, 5) is 31.5. The van der Waals surface area contributed by atoms with Crippen LogP contribution in [0.4, 0.5) is 5.95 Å². The Balaban J connectivity index is 1.59. The molecule has 1 aromatic carbocycles. The zero-order valence-electron chi connectivity index (χ0n) is 23.9. The molecule has 4 heterocycles. The van der Waals surface area contributed by atoms with Crippen LogP contribution >= 0.6 is 11.6 Å². The van der Waals surface area contributed by atoms with E-state index in [4.69, 9.17) is 40.5 Å². The molecule has 0 amide bonds. The van der Waals surface area contributed by atoms with Gasteiger partial charge in [0.15, 0.2) is 5.65 Å². The van der Waals surface area contributed by atoms with E-state index in [1.54, 1.807) is 7.11 Å². The first-order valence-corrected chi connectivity index (χ1v) is 14.6. The van der Waals surface area contributed by atoms with Gasteiger partial charge in [-0.05, 0) is 50.7 Å². The molecule has 3 aromatic heterocycles. The van der Waals surface area contributed by atoms with Crippen molar-refractivity contribution in [2.75, 3.05) is 31.8 Å². The summed E-state index contributed by atoms with van der Waals surface area (Å²) in [5, 5.41) is 4.44. The summed E-state index contributed by atoms with van der Waals surface area (Å²) in [6.07, 6.45) is 4.74. The normalized spacial score (nSPS) is 22.0. The third-order valence-electron chi connectivity index (χ3n) is 8.62. The molecule has 0 bridgehead atoms. The molecule has 1 aliphatic heterocycles. The molecule has 4 aromatic rings. The van der Waals surface area contributed by atoms with Crippen LogP contribution in [0.2, 0.25) is 5.02 Å². The maximum Gasteiger partial charge on any atom is 0.439 e. The van der Waals surface area contributed by atoms with E-state index in [0.29, 0.717) is 42.0 Å². The number of benzene rings is 1. The smallest absolute Gasteiger partial charge is 0.377 e. The number of nitrogens with zero attached hydrogens (tertiary/aromatic N) is 6. The summed E-state index contributed by atoms with van der Waals surface area (Å²) < 4.78 is 18.9. The van der Waals surface area contributed by atoms with E-state index in [9.17, 15) is 4.79 Å². The molecule has 0 unspecified atom stereocenters. The van der Waals surface area contributed by atoms with Crippen molar-refractivity contribution in [1.29, 1.82) is 0 Å². The van der Waals surface area contributed by atoms with Crippen LogP contribution in [0.1, 0.15) is 46.5 Å². The number of halogens is 1. The average molecular weight is 582 g/mol. The standard InChI is InChI=1S/C29H36ClN7O4/c1-17-8-10-18(11-9-17)15-37-23-22(19-6-5-7-20(30)14-19)31-25(26-34-28(38)41-35-26)32-24(23)33-27(37)36-12-13-40-16-21(36)29(2,3)39-4/h5-7,14,17-18,21H,8-13,15-16H2,1-4H3,(H,34,35,38)/t17-,18-,21-/m0/s1. The molecule has 11 nitrogen and oxygen atoms in total. The summed E-state index contributed by atoms with van der Waals surface area (Å²) >= 11 is 6.45. The minimum absolute atomic E-state index is 0.0721. The first-order chi connectivity index (χ1) is 19.7. The van der Waals surface area contributed by atoms with Crippen LogP contribution in [-0.2, 0) is 16.0 Å². The van der Waals surface area contributed by atoms with Crippen molar-refractivity contribution < 1.29 is 14.0 Å². The first-order valence-electron chi connectivity index (χ1n) is 14.2. The molecule has 12 heteroatoms. The Morgan fingerprint density at radius 2 is 1.98 bits per heavy atom. The number of ether oxygens (including phenoxy) is 2. The largest absolute Gasteiger partial charge is 0.439 e. The minimum Gasteiger partial charge on any atom is -0.377 e. The fourth-order valence-electron chi connectivity index (χ4n) is 6.01. The Morgan fingerprint density at radius 1 is 1.17 bits per heavy atom. The molecular formula is C29H36ClN7O4. The molecule has 41 heavy (non-hydrogen) atoms. The van der Waals surface area contributed by atoms with E-state index < -0.39 is 11.4 Å². The van der Waals surface area contributed by atoms with Gasteiger partial charge in [-0.2, -0.15) is 4.98 Å². The molecule has 1 atom stereocenters. The first kappa shape index (κ1) is 27.9. The second-order valence-electron chi connectivity index (χ2n) is 11.8. The van der Waals surface area contributed by atoms with Crippen molar-refractivity contribution in [3.05, 3.63) is 39.8 Å². The van der Waals surface area contributed by atoms with Crippen molar-refractivity contribution in [2.45, 2.75) is 64.6 Å². The third-order valence-corrected chi connectivity index (χ3v) is 8.86. The maximum absolute atomic E-state index is 11.8. The van der Waals surface area contributed by atoms with E-state index in [1.807, 2.05) is 24.3 Å². The van der Waals surface area contributed by atoms with E-state index >= 15 is 0 Å². The van der Waals surface area contributed by atoms with Gasteiger partial charge in [-0.25, -0.2) is 14.8 Å². The molecule has 218 valence electrons. The fourth-order valence-corrected chi connectivity index (χ4v) is 6.20. The number of rotatable bonds is 7. The van der Waals surface area contributed by atoms with Gasteiger partial charge in [0.05, 0.1) is 24.9 Å². The third kappa shape index (κ3) is 5.50. The Bertz CT molecular complexity index is 1590. The topological polar surface area (TPSA) is 124 Å². The van der Waals surface area contributed by atoms with Gasteiger partial charge in [0, 0.05) is 30.8 Å². The number of H-pyrrole nitrogens is 1. The van der Waals surface area contributed by atoms with Gasteiger partial charge in [0.1, 0.15) is 11.2 Å². The summed E-state index contributed by atoms with van der Waals surface area (Å²) in [6, 6.07) is 7.50. The number of hydrogen-bond acceptors (Lipinski definition) is 9. The summed E-state index contributed by atoms with van der Waals surface area (Å²) in [6.45, 7) is 9.03. The lowest BCUT2D eigenvalue weighted by atomic mass is 9.83. The lowest BCUT2D eigenvalue weighted by molar-refractivity contribution is -0.0430. The van der Waals surface area contributed by atoms with Gasteiger partial charge in [-0.15, -0.1) is 0 Å². The van der Waals surface area contributed by atoms with E-state index in [2.05, 4.69) is 40.4 Å². The average Bonchev–Trinajstić information content (AvgIpc) is 3.57. The highest BCUT2D eigenvalue weighted by Gasteiger charge is 2.40. The molecule has 2 aliphatic rings. The Morgan fingerprint density at radius 3 is 2.68 bits per heavy atom. The van der Waals surface area contributed by atoms with Gasteiger partial charge in [-0.3, -0.25) is 9.51 Å². The monoisotopic (exact) mass is 581 g/mol. The summed E-state index contributed by atoms with van der Waals surface area (Å²) in [5.74, 6) is 1.73. The molecule has 1 saturated heterocycles. The fraction of sp³-hybridized carbons (Fsp3) is 0.552. The van der Waals surface area contributed by atoms with Gasteiger partial charge >= 0.3 is 5.76 Å². The Hall–Kier alpha value is -3.28. The number of anilines is 1. The highest BCUT2D eigenvalue weighted by atomic mass is 35.5. The number of hydrogen-bond donors (Lipinski definition) is 1. The molecular weight excluding hydrogens is 546 g/mol. The van der Waals surface area contributed by atoms with Gasteiger partial charge in [0.2, 0.25) is 17.6 Å². The van der Waals surface area contributed by atoms with E-state index in [-0.39, 0.29) is 17.7 Å². The second kappa shape index (κ2) is 11.2. The predicted octanol–water partition coefficient (Wildman–Crippen LogP) is 4.95. The number of fused-ring (bicyclic) bond motifs is 1. The molecule has 1 N–H and O–H groups in total. The number of imidazole rings is 1. The molecule has 1 saturated carbocycles. The van der Waals surface area contributed by atoms with Crippen molar-refractivity contribution >= 4 is 28.7 Å². The van der Waals surface area contributed by atoms with Gasteiger partial charge in [0.25, 0.3) is 0 Å². The van der Waals surface area contributed by atoms with Crippen LogP contribution in [0.3, 0.4) is 0 Å². The lowest BCUT2D eigenvalue weighted by Crippen LogP contribution is -2.58. The highest BCUT2D eigenvalue weighted by molar-refractivity contribution is 6.30. The Labute approximate surface area is 243 Å². The zero-order chi connectivity index (χ0) is 28.7. The quantitative estimate of drug-likeness (QED) is 0.323. The molecule has 1 aliphatic carbocycles. The second-order valence-corrected chi connectivity index (χ2v) is 12.2. The number of methoxy groups -OCH3 is 1. The van der Waals surface area contributed by atoms with Crippen LogP contribution in [0.15, 0.2) is 33.6 Å². The number of aromatic amines is 1. The number of morpholine rings is 1. The highest BCUT2D eigenvalue weighted by Crippen LogP contribution is 2.38. The maximum atomic E-state index is 11.8. The zero-order valence-corrected chi connectivity index (χ0v) is 24.6. The van der Waals surface area contributed by atoms with Crippen molar-refractivity contribution in [3.8, 4) is 22.9 Å². The Kier molecular flexibility index (Phi) is 7.60. The van der Waals surface area contributed by atoms with Crippen LogP contribution < -0.4 is 10.7 Å². The van der Waals surface area contributed by atoms with Crippen LogP contribution in [0, 0.1) is 11.8 Å². The van der Waals surface area contributed by atoms with Crippen LogP contribution in [0.25, 0.3) is 34.1 Å². The van der Waals surface area contributed by atoms with Gasteiger partial charge < -0.3 is 18.9 Å². The molecule has 0 spiro atoms. The molecule has 0 radical (unpaired) electrons. The van der Waals surface area contributed by atoms with Crippen molar-refractivity contribution in [2.24, 2.45) is 11.8 Å². The van der Waals surface area contributed by atoms with Crippen molar-refractivity contribution in [3.63, 3.8) is 0 Å². The lowest BCUT2D eigenvalue weighted by Gasteiger charge is -2.44. The molecule has 2 fully saturated rings. The van der Waals surface area contributed by atoms with Gasteiger partial charge in [-0.1, -0.05) is 48.7 Å². The SMILES string of the molecule is COC(C)(C)[C@@H]1COCCN1c1nc2nc(-c3noc(=O)[nH]3)nc(-c3cccc(Cl)c3)c2n1C[C@H]1CC[C@H](C)CC1. The molecule has 6 rings (SSSR count). The predicted molar refractivity (Wildman–Crippen MR) is 156 cm³/mol.